The molecule has 1 aliphatic rings. The molecule has 7 nitrogen and oxygen atoms in total. The normalized spacial score (nSPS) is 18.7. The number of nitriles is 1. The van der Waals surface area contributed by atoms with E-state index in [9.17, 15) is 10.1 Å². The van der Waals surface area contributed by atoms with Gasteiger partial charge in [-0.05, 0) is 72.9 Å². The predicted molar refractivity (Wildman–Crippen MR) is 156 cm³/mol. The third-order valence-electron chi connectivity index (χ3n) is 7.32. The molecule has 1 atom stereocenters. The zero-order valence-electron chi connectivity index (χ0n) is 22.5. The molecule has 1 aromatic heterocycles. The molecule has 0 bridgehead atoms. The van der Waals surface area contributed by atoms with Gasteiger partial charge >= 0.3 is 0 Å². The summed E-state index contributed by atoms with van der Waals surface area (Å²) in [6, 6.07) is 13.8. The minimum atomic E-state index is -0.342. The SMILES string of the molecule is CC(C)(C)C1CCC(N=C(NC(=O)c2cccc(C#N)c2)NC(Cn2ccnc2)c2ccc(Cl)cc2Cl)CC1. The number of benzene rings is 2. The summed E-state index contributed by atoms with van der Waals surface area (Å²) >= 11 is 12.8. The molecule has 1 fully saturated rings. The number of carbonyl (C=O) groups is 1. The first-order chi connectivity index (χ1) is 18.6. The first-order valence-corrected chi connectivity index (χ1v) is 13.9. The minimum absolute atomic E-state index is 0.0754. The number of amides is 1. The Bertz CT molecular complexity index is 1350. The summed E-state index contributed by atoms with van der Waals surface area (Å²) < 4.78 is 1.94. The standard InChI is InChI=1S/C30H34Cl2N6O/c1-30(2,3)22-7-10-24(11-8-22)35-29(37-28(39)21-6-4-5-20(15-21)17-33)36-27(18-38-14-13-34-19-38)25-12-9-23(31)16-26(25)32/h4-6,9,12-16,19,22,24,27H,7-8,10-11,18H2,1-3H3,(H2,35,36,37,39). The fourth-order valence-corrected chi connectivity index (χ4v) is 5.59. The molecule has 0 radical (unpaired) electrons. The number of guanidine groups is 1. The highest BCUT2D eigenvalue weighted by molar-refractivity contribution is 6.35. The van der Waals surface area contributed by atoms with Crippen molar-refractivity contribution in [3.05, 3.63) is 87.9 Å². The van der Waals surface area contributed by atoms with Crippen LogP contribution in [0.1, 0.15) is 74.0 Å². The summed E-state index contributed by atoms with van der Waals surface area (Å²) in [7, 11) is 0. The smallest absolute Gasteiger partial charge is 0.257 e. The maximum absolute atomic E-state index is 13.3. The van der Waals surface area contributed by atoms with Gasteiger partial charge in [0.2, 0.25) is 0 Å². The van der Waals surface area contributed by atoms with E-state index in [1.807, 2.05) is 16.8 Å². The molecule has 39 heavy (non-hydrogen) atoms. The molecule has 1 amide bonds. The van der Waals surface area contributed by atoms with Crippen LogP contribution in [-0.4, -0.2) is 27.5 Å². The van der Waals surface area contributed by atoms with Gasteiger partial charge in [0.25, 0.3) is 5.91 Å². The van der Waals surface area contributed by atoms with Gasteiger partial charge in [-0.15, -0.1) is 0 Å². The Labute approximate surface area is 240 Å². The second-order valence-corrected chi connectivity index (χ2v) is 12.0. The summed E-state index contributed by atoms with van der Waals surface area (Å²) in [4.78, 5) is 22.5. The Balaban J connectivity index is 1.64. The van der Waals surface area contributed by atoms with Crippen LogP contribution in [0, 0.1) is 22.7 Å². The molecule has 3 aromatic rings. The lowest BCUT2D eigenvalue weighted by Gasteiger charge is -2.36. The van der Waals surface area contributed by atoms with Crippen LogP contribution in [0.4, 0.5) is 0 Å². The topological polar surface area (TPSA) is 95.1 Å². The molecule has 1 aliphatic carbocycles. The van der Waals surface area contributed by atoms with Gasteiger partial charge in [0, 0.05) is 34.5 Å². The lowest BCUT2D eigenvalue weighted by molar-refractivity contribution is 0.0975. The number of hydrogen-bond donors (Lipinski definition) is 2. The highest BCUT2D eigenvalue weighted by Gasteiger charge is 2.30. The molecule has 1 unspecified atom stereocenters. The average Bonchev–Trinajstić information content (AvgIpc) is 3.41. The van der Waals surface area contributed by atoms with Crippen LogP contribution in [0.2, 0.25) is 10.0 Å². The summed E-state index contributed by atoms with van der Waals surface area (Å²) in [6.07, 6.45) is 9.38. The number of nitrogens with zero attached hydrogens (tertiary/aromatic N) is 4. The van der Waals surface area contributed by atoms with Crippen molar-refractivity contribution in [2.24, 2.45) is 16.3 Å². The van der Waals surface area contributed by atoms with Crippen LogP contribution in [0.25, 0.3) is 0 Å². The van der Waals surface area contributed by atoms with Gasteiger partial charge in [-0.25, -0.2) is 9.98 Å². The number of halogens is 2. The van der Waals surface area contributed by atoms with Crippen LogP contribution in [0.5, 0.6) is 0 Å². The van der Waals surface area contributed by atoms with Crippen molar-refractivity contribution in [2.75, 3.05) is 0 Å². The monoisotopic (exact) mass is 564 g/mol. The first kappa shape index (κ1) is 28.7. The molecule has 2 N–H and O–H groups in total. The van der Waals surface area contributed by atoms with Gasteiger partial charge in [-0.3, -0.25) is 10.1 Å². The molecule has 0 spiro atoms. The Morgan fingerprint density at radius 3 is 2.59 bits per heavy atom. The number of aromatic nitrogens is 2. The second-order valence-electron chi connectivity index (χ2n) is 11.1. The van der Waals surface area contributed by atoms with Gasteiger partial charge in [0.15, 0.2) is 5.96 Å². The summed E-state index contributed by atoms with van der Waals surface area (Å²) in [5.41, 5.74) is 1.88. The van der Waals surface area contributed by atoms with Crippen LogP contribution in [-0.2, 0) is 6.54 Å². The molecule has 2 aromatic carbocycles. The lowest BCUT2D eigenvalue weighted by atomic mass is 9.71. The van der Waals surface area contributed by atoms with E-state index in [-0.39, 0.29) is 23.4 Å². The molecule has 1 saturated carbocycles. The number of carbonyl (C=O) groups excluding carboxylic acids is 1. The van der Waals surface area contributed by atoms with Gasteiger partial charge in [0.05, 0.1) is 30.0 Å². The van der Waals surface area contributed by atoms with E-state index in [0.29, 0.717) is 39.6 Å². The van der Waals surface area contributed by atoms with E-state index in [2.05, 4.69) is 42.5 Å². The molecular weight excluding hydrogens is 531 g/mol. The number of hydrogen-bond acceptors (Lipinski definition) is 4. The zero-order valence-corrected chi connectivity index (χ0v) is 24.0. The first-order valence-electron chi connectivity index (χ1n) is 13.2. The maximum atomic E-state index is 13.3. The maximum Gasteiger partial charge on any atom is 0.257 e. The van der Waals surface area contributed by atoms with Crippen molar-refractivity contribution in [2.45, 2.75) is 65.1 Å². The molecule has 0 saturated heterocycles. The third-order valence-corrected chi connectivity index (χ3v) is 7.88. The van der Waals surface area contributed by atoms with E-state index in [1.165, 1.54) is 0 Å². The van der Waals surface area contributed by atoms with Crippen molar-refractivity contribution >= 4 is 35.1 Å². The predicted octanol–water partition coefficient (Wildman–Crippen LogP) is 6.78. The van der Waals surface area contributed by atoms with Crippen LogP contribution in [0.3, 0.4) is 0 Å². The lowest BCUT2D eigenvalue weighted by Crippen LogP contribution is -2.44. The Kier molecular flexibility index (Phi) is 9.32. The van der Waals surface area contributed by atoms with Gasteiger partial charge in [0.1, 0.15) is 0 Å². The van der Waals surface area contributed by atoms with Gasteiger partial charge < -0.3 is 9.88 Å². The molecule has 4 rings (SSSR count). The summed E-state index contributed by atoms with van der Waals surface area (Å²) in [5.74, 6) is 0.675. The fourth-order valence-electron chi connectivity index (χ4n) is 5.05. The number of imidazole rings is 1. The van der Waals surface area contributed by atoms with E-state index in [4.69, 9.17) is 28.2 Å². The number of rotatable bonds is 6. The van der Waals surface area contributed by atoms with Crippen LogP contribution in [0.15, 0.2) is 66.2 Å². The highest BCUT2D eigenvalue weighted by atomic mass is 35.5. The number of nitrogens with one attached hydrogen (secondary N) is 2. The summed E-state index contributed by atoms with van der Waals surface area (Å²) in [6.45, 7) is 7.37. The van der Waals surface area contributed by atoms with Crippen molar-refractivity contribution < 1.29 is 4.79 Å². The largest absolute Gasteiger partial charge is 0.347 e. The second kappa shape index (κ2) is 12.7. The van der Waals surface area contributed by atoms with Gasteiger partial charge in [-0.1, -0.05) is 56.1 Å². The summed E-state index contributed by atoms with van der Waals surface area (Å²) in [5, 5.41) is 16.8. The van der Waals surface area contributed by atoms with E-state index >= 15 is 0 Å². The minimum Gasteiger partial charge on any atom is -0.347 e. The molecule has 9 heteroatoms. The van der Waals surface area contributed by atoms with Crippen molar-refractivity contribution in [3.63, 3.8) is 0 Å². The van der Waals surface area contributed by atoms with E-state index < -0.39 is 0 Å². The Morgan fingerprint density at radius 2 is 1.95 bits per heavy atom. The molecule has 204 valence electrons. The molecular formula is C30H34Cl2N6O. The Morgan fingerprint density at radius 1 is 1.18 bits per heavy atom. The highest BCUT2D eigenvalue weighted by Crippen LogP contribution is 2.38. The average molecular weight is 566 g/mol. The van der Waals surface area contributed by atoms with Gasteiger partial charge in [-0.2, -0.15) is 5.26 Å². The van der Waals surface area contributed by atoms with Crippen LogP contribution < -0.4 is 10.6 Å². The van der Waals surface area contributed by atoms with E-state index in [1.54, 1.807) is 48.9 Å². The van der Waals surface area contributed by atoms with Crippen molar-refractivity contribution in [3.8, 4) is 6.07 Å². The Hall–Kier alpha value is -3.34. The van der Waals surface area contributed by atoms with Crippen LogP contribution >= 0.6 is 23.2 Å². The quantitative estimate of drug-likeness (QED) is 0.254. The zero-order chi connectivity index (χ0) is 28.0. The number of aliphatic imine (C=N–C) groups is 1. The fraction of sp³-hybridized carbons (Fsp3) is 0.400. The van der Waals surface area contributed by atoms with Crippen molar-refractivity contribution in [1.82, 2.24) is 20.2 Å². The molecule has 0 aliphatic heterocycles. The van der Waals surface area contributed by atoms with Crippen molar-refractivity contribution in [1.29, 1.82) is 5.26 Å². The molecule has 1 heterocycles. The van der Waals surface area contributed by atoms with E-state index in [0.717, 1.165) is 31.2 Å². The third kappa shape index (κ3) is 7.84.